The van der Waals surface area contributed by atoms with Gasteiger partial charge in [-0.1, -0.05) is 6.07 Å². The molecule has 0 fully saturated rings. The van der Waals surface area contributed by atoms with Gasteiger partial charge >= 0.3 is 0 Å². The molecule has 7 nitrogen and oxygen atoms in total. The molecule has 0 aliphatic heterocycles. The molecule has 3 aromatic carbocycles. The second-order valence-corrected chi connectivity index (χ2v) is 8.40. The third-order valence-electron chi connectivity index (χ3n) is 4.98. The largest absolute Gasteiger partial charge is 0.494 e. The number of thiophene rings is 1. The lowest BCUT2D eigenvalue weighted by Gasteiger charge is -2.09. The smallest absolute Gasteiger partial charge is 0.265 e. The van der Waals surface area contributed by atoms with Crippen molar-refractivity contribution in [3.05, 3.63) is 106 Å². The lowest BCUT2D eigenvalue weighted by molar-refractivity contribution is 0.101. The van der Waals surface area contributed by atoms with Crippen molar-refractivity contribution in [2.24, 2.45) is 0 Å². The Kier molecular flexibility index (Phi) is 7.54. The van der Waals surface area contributed by atoms with E-state index < -0.39 is 0 Å². The summed E-state index contributed by atoms with van der Waals surface area (Å²) in [6, 6.07) is 23.9. The number of benzene rings is 3. The monoisotopic (exact) mass is 485 g/mol. The van der Waals surface area contributed by atoms with Crippen LogP contribution in [0.2, 0.25) is 0 Å². The summed E-state index contributed by atoms with van der Waals surface area (Å²) < 4.78 is 5.40. The van der Waals surface area contributed by atoms with Crippen LogP contribution in [0.3, 0.4) is 0 Å². The molecule has 0 atom stereocenters. The van der Waals surface area contributed by atoms with Crippen molar-refractivity contribution in [2.75, 3.05) is 22.6 Å². The zero-order chi connectivity index (χ0) is 24.6. The van der Waals surface area contributed by atoms with Crippen molar-refractivity contribution in [1.29, 1.82) is 0 Å². The Morgan fingerprint density at radius 2 is 1.11 bits per heavy atom. The van der Waals surface area contributed by atoms with Crippen molar-refractivity contribution in [3.63, 3.8) is 0 Å². The molecule has 1 heterocycles. The molecule has 1 aromatic heterocycles. The number of amides is 3. The summed E-state index contributed by atoms with van der Waals surface area (Å²) in [4.78, 5) is 37.8. The number of anilines is 3. The van der Waals surface area contributed by atoms with E-state index in [1.54, 1.807) is 78.9 Å². The molecule has 0 aliphatic rings. The average molecular weight is 486 g/mol. The predicted octanol–water partition coefficient (Wildman–Crippen LogP) is 5.90. The van der Waals surface area contributed by atoms with Gasteiger partial charge in [-0.15, -0.1) is 11.3 Å². The number of carbonyl (C=O) groups is 3. The van der Waals surface area contributed by atoms with Gasteiger partial charge in [0.1, 0.15) is 5.75 Å². The quantitative estimate of drug-likeness (QED) is 0.289. The van der Waals surface area contributed by atoms with E-state index in [0.717, 1.165) is 5.75 Å². The molecule has 35 heavy (non-hydrogen) atoms. The first-order chi connectivity index (χ1) is 17.0. The summed E-state index contributed by atoms with van der Waals surface area (Å²) >= 11 is 1.36. The van der Waals surface area contributed by atoms with Crippen LogP contribution in [0.4, 0.5) is 17.1 Å². The van der Waals surface area contributed by atoms with E-state index in [-0.39, 0.29) is 17.7 Å². The highest BCUT2D eigenvalue weighted by atomic mass is 32.1. The summed E-state index contributed by atoms with van der Waals surface area (Å²) in [5.74, 6) is -0.00726. The number of hydrogen-bond acceptors (Lipinski definition) is 5. The Morgan fingerprint density at radius 3 is 1.54 bits per heavy atom. The lowest BCUT2D eigenvalue weighted by atomic mass is 10.1. The molecule has 0 radical (unpaired) electrons. The van der Waals surface area contributed by atoms with Crippen LogP contribution in [0.5, 0.6) is 5.75 Å². The molecule has 8 heteroatoms. The van der Waals surface area contributed by atoms with Crippen LogP contribution in [0.25, 0.3) is 0 Å². The standard InChI is InChI=1S/C27H23N3O4S/c1-2-34-23-15-13-22(14-16-23)29-26(32)18-5-9-20(10-6-18)28-25(31)19-7-11-21(12-8-19)30-27(33)24-4-3-17-35-24/h3-17H,2H2,1H3,(H,28,31)(H,29,32)(H,30,33). The van der Waals surface area contributed by atoms with Crippen LogP contribution in [-0.4, -0.2) is 24.3 Å². The molecule has 0 unspecified atom stereocenters. The Labute approximate surface area is 206 Å². The fourth-order valence-corrected chi connectivity index (χ4v) is 3.84. The van der Waals surface area contributed by atoms with Crippen molar-refractivity contribution in [2.45, 2.75) is 6.92 Å². The van der Waals surface area contributed by atoms with Gasteiger partial charge in [0.2, 0.25) is 0 Å². The van der Waals surface area contributed by atoms with E-state index in [0.29, 0.717) is 39.7 Å². The molecule has 3 N–H and O–H groups in total. The number of carbonyl (C=O) groups excluding carboxylic acids is 3. The van der Waals surface area contributed by atoms with E-state index in [2.05, 4.69) is 16.0 Å². The van der Waals surface area contributed by atoms with Crippen LogP contribution in [0.15, 0.2) is 90.3 Å². The van der Waals surface area contributed by atoms with E-state index in [1.807, 2.05) is 18.4 Å². The minimum atomic E-state index is -0.298. The van der Waals surface area contributed by atoms with Crippen LogP contribution < -0.4 is 20.7 Å². The molecule has 0 aliphatic carbocycles. The maximum absolute atomic E-state index is 12.6. The normalized spacial score (nSPS) is 10.3. The van der Waals surface area contributed by atoms with Crippen molar-refractivity contribution >= 4 is 46.1 Å². The van der Waals surface area contributed by atoms with Crippen LogP contribution >= 0.6 is 11.3 Å². The number of rotatable bonds is 8. The van der Waals surface area contributed by atoms with E-state index in [1.165, 1.54) is 11.3 Å². The fourth-order valence-electron chi connectivity index (χ4n) is 3.22. The third-order valence-corrected chi connectivity index (χ3v) is 5.85. The summed E-state index contributed by atoms with van der Waals surface area (Å²) in [5, 5.41) is 10.3. The van der Waals surface area contributed by atoms with E-state index in [9.17, 15) is 14.4 Å². The topological polar surface area (TPSA) is 96.5 Å². The van der Waals surface area contributed by atoms with Gasteiger partial charge in [-0.3, -0.25) is 14.4 Å². The Morgan fingerprint density at radius 1 is 0.657 bits per heavy atom. The average Bonchev–Trinajstić information content (AvgIpc) is 3.42. The maximum atomic E-state index is 12.6. The Balaban J connectivity index is 1.31. The number of nitrogens with one attached hydrogen (secondary N) is 3. The molecule has 0 saturated carbocycles. The number of ether oxygens (including phenoxy) is 1. The SMILES string of the molecule is CCOc1ccc(NC(=O)c2ccc(NC(=O)c3ccc(NC(=O)c4cccs4)cc3)cc2)cc1. The van der Waals surface area contributed by atoms with E-state index in [4.69, 9.17) is 4.74 Å². The zero-order valence-corrected chi connectivity index (χ0v) is 19.7. The highest BCUT2D eigenvalue weighted by molar-refractivity contribution is 7.12. The lowest BCUT2D eigenvalue weighted by Crippen LogP contribution is -2.14. The summed E-state index contributed by atoms with van der Waals surface area (Å²) in [6.45, 7) is 2.49. The predicted molar refractivity (Wildman–Crippen MR) is 139 cm³/mol. The fraction of sp³-hybridized carbons (Fsp3) is 0.0741. The molecule has 0 spiro atoms. The summed E-state index contributed by atoms with van der Waals surface area (Å²) in [5.41, 5.74) is 2.72. The molecule has 0 saturated heterocycles. The molecule has 0 bridgehead atoms. The van der Waals surface area contributed by atoms with Gasteiger partial charge in [-0.2, -0.15) is 0 Å². The van der Waals surface area contributed by atoms with Crippen molar-refractivity contribution in [1.82, 2.24) is 0 Å². The van der Waals surface area contributed by atoms with Crippen LogP contribution in [0, 0.1) is 0 Å². The summed E-state index contributed by atoms with van der Waals surface area (Å²) in [6.07, 6.45) is 0. The van der Waals surface area contributed by atoms with Gasteiger partial charge in [0.15, 0.2) is 0 Å². The second-order valence-electron chi connectivity index (χ2n) is 7.45. The second kappa shape index (κ2) is 11.1. The zero-order valence-electron chi connectivity index (χ0n) is 18.9. The molecule has 4 aromatic rings. The molecular weight excluding hydrogens is 462 g/mol. The molecular formula is C27H23N3O4S. The summed E-state index contributed by atoms with van der Waals surface area (Å²) in [7, 11) is 0. The van der Waals surface area contributed by atoms with Gasteiger partial charge in [0.25, 0.3) is 17.7 Å². The first kappa shape index (κ1) is 23.7. The molecule has 3 amide bonds. The minimum Gasteiger partial charge on any atom is -0.494 e. The first-order valence-electron chi connectivity index (χ1n) is 10.9. The first-order valence-corrected chi connectivity index (χ1v) is 11.8. The van der Waals surface area contributed by atoms with Crippen molar-refractivity contribution in [3.8, 4) is 5.75 Å². The van der Waals surface area contributed by atoms with Gasteiger partial charge in [-0.25, -0.2) is 0 Å². The highest BCUT2D eigenvalue weighted by Gasteiger charge is 2.11. The third kappa shape index (κ3) is 6.33. The Hall–Kier alpha value is -4.43. The van der Waals surface area contributed by atoms with E-state index >= 15 is 0 Å². The highest BCUT2D eigenvalue weighted by Crippen LogP contribution is 2.18. The Bertz CT molecular complexity index is 1300. The van der Waals surface area contributed by atoms with Gasteiger partial charge in [0, 0.05) is 28.2 Å². The van der Waals surface area contributed by atoms with Gasteiger partial charge in [-0.05, 0) is 91.2 Å². The van der Waals surface area contributed by atoms with Crippen LogP contribution in [0.1, 0.15) is 37.3 Å². The minimum absolute atomic E-state index is 0.191. The van der Waals surface area contributed by atoms with Gasteiger partial charge in [0.05, 0.1) is 11.5 Å². The van der Waals surface area contributed by atoms with Crippen LogP contribution in [-0.2, 0) is 0 Å². The van der Waals surface area contributed by atoms with Crippen molar-refractivity contribution < 1.29 is 19.1 Å². The van der Waals surface area contributed by atoms with Gasteiger partial charge < -0.3 is 20.7 Å². The number of hydrogen-bond donors (Lipinski definition) is 3. The molecule has 4 rings (SSSR count). The maximum Gasteiger partial charge on any atom is 0.265 e. The molecule has 176 valence electrons.